The summed E-state index contributed by atoms with van der Waals surface area (Å²) >= 11 is 0. The Labute approximate surface area is 130 Å². The molecule has 0 radical (unpaired) electrons. The SMILES string of the molecule is CC(C)(C)OC(=O)N1CCCC(C(=O)O)(C2(O)CCOC2)C1. The van der Waals surface area contributed by atoms with Gasteiger partial charge in [-0.3, -0.25) is 4.79 Å². The molecule has 7 heteroatoms. The largest absolute Gasteiger partial charge is 0.481 e. The second-order valence-corrected chi connectivity index (χ2v) is 7.23. The van der Waals surface area contributed by atoms with Gasteiger partial charge in [-0.15, -0.1) is 0 Å². The van der Waals surface area contributed by atoms with Gasteiger partial charge in [-0.25, -0.2) is 4.79 Å². The highest BCUT2D eigenvalue weighted by Gasteiger charge is 2.60. The molecule has 2 atom stereocenters. The van der Waals surface area contributed by atoms with Gasteiger partial charge < -0.3 is 24.6 Å². The molecule has 2 N–H and O–H groups in total. The highest BCUT2D eigenvalue weighted by Crippen LogP contribution is 2.45. The van der Waals surface area contributed by atoms with E-state index in [9.17, 15) is 19.8 Å². The van der Waals surface area contributed by atoms with Crippen LogP contribution >= 0.6 is 0 Å². The van der Waals surface area contributed by atoms with E-state index in [4.69, 9.17) is 9.47 Å². The fraction of sp³-hybridized carbons (Fsp3) is 0.867. The molecule has 0 saturated carbocycles. The zero-order valence-corrected chi connectivity index (χ0v) is 13.4. The number of ether oxygens (including phenoxy) is 2. The van der Waals surface area contributed by atoms with E-state index in [1.165, 1.54) is 4.90 Å². The average Bonchev–Trinajstić information content (AvgIpc) is 2.85. The Morgan fingerprint density at radius 2 is 1.95 bits per heavy atom. The summed E-state index contributed by atoms with van der Waals surface area (Å²) in [6, 6.07) is 0. The number of carbonyl (C=O) groups excluding carboxylic acids is 1. The van der Waals surface area contributed by atoms with Crippen molar-refractivity contribution in [1.29, 1.82) is 0 Å². The maximum Gasteiger partial charge on any atom is 0.410 e. The number of hydrogen-bond acceptors (Lipinski definition) is 5. The van der Waals surface area contributed by atoms with Gasteiger partial charge in [0.25, 0.3) is 0 Å². The topological polar surface area (TPSA) is 96.3 Å². The first-order chi connectivity index (χ1) is 10.1. The van der Waals surface area contributed by atoms with E-state index in [-0.39, 0.29) is 19.6 Å². The summed E-state index contributed by atoms with van der Waals surface area (Å²) in [4.78, 5) is 25.6. The summed E-state index contributed by atoms with van der Waals surface area (Å²) in [5, 5.41) is 20.5. The Kier molecular flexibility index (Phi) is 4.41. The molecule has 0 spiro atoms. The maximum atomic E-state index is 12.2. The van der Waals surface area contributed by atoms with Crippen LogP contribution in [0, 0.1) is 5.41 Å². The number of carboxylic acid groups (broad SMARTS) is 1. The van der Waals surface area contributed by atoms with Gasteiger partial charge in [0.2, 0.25) is 0 Å². The molecule has 22 heavy (non-hydrogen) atoms. The summed E-state index contributed by atoms with van der Waals surface area (Å²) in [6.07, 6.45) is 0.553. The van der Waals surface area contributed by atoms with Gasteiger partial charge in [0.1, 0.15) is 16.6 Å². The van der Waals surface area contributed by atoms with Crippen molar-refractivity contribution >= 4 is 12.1 Å². The Balaban J connectivity index is 2.22. The Bertz CT molecular complexity index is 451. The van der Waals surface area contributed by atoms with Crippen molar-refractivity contribution in [2.24, 2.45) is 5.41 Å². The van der Waals surface area contributed by atoms with Crippen LogP contribution in [0.2, 0.25) is 0 Å². The van der Waals surface area contributed by atoms with E-state index in [0.717, 1.165) is 0 Å². The number of rotatable bonds is 2. The zero-order chi connectivity index (χ0) is 16.6. The van der Waals surface area contributed by atoms with E-state index in [0.29, 0.717) is 26.0 Å². The molecule has 2 aliphatic rings. The number of aliphatic carboxylic acids is 1. The third kappa shape index (κ3) is 3.05. The summed E-state index contributed by atoms with van der Waals surface area (Å²) in [7, 11) is 0. The van der Waals surface area contributed by atoms with Crippen LogP contribution in [0.15, 0.2) is 0 Å². The van der Waals surface area contributed by atoms with E-state index in [1.54, 1.807) is 20.8 Å². The van der Waals surface area contributed by atoms with Gasteiger partial charge in [0.15, 0.2) is 0 Å². The third-order valence-corrected chi connectivity index (χ3v) is 4.45. The summed E-state index contributed by atoms with van der Waals surface area (Å²) < 4.78 is 10.5. The van der Waals surface area contributed by atoms with Crippen LogP contribution in [0.4, 0.5) is 4.79 Å². The van der Waals surface area contributed by atoms with Crippen LogP contribution in [0.3, 0.4) is 0 Å². The summed E-state index contributed by atoms with van der Waals surface area (Å²) in [6.45, 7) is 5.98. The second kappa shape index (κ2) is 5.70. The Morgan fingerprint density at radius 1 is 1.27 bits per heavy atom. The van der Waals surface area contributed by atoms with Gasteiger partial charge in [0, 0.05) is 26.1 Å². The molecule has 2 heterocycles. The van der Waals surface area contributed by atoms with Crippen molar-refractivity contribution in [3.63, 3.8) is 0 Å². The molecular weight excluding hydrogens is 290 g/mol. The Hall–Kier alpha value is -1.34. The average molecular weight is 315 g/mol. The van der Waals surface area contributed by atoms with Gasteiger partial charge in [0.05, 0.1) is 6.61 Å². The molecule has 0 aromatic rings. The number of piperidine rings is 1. The van der Waals surface area contributed by atoms with E-state index >= 15 is 0 Å². The van der Waals surface area contributed by atoms with Crippen molar-refractivity contribution in [2.45, 2.75) is 51.2 Å². The van der Waals surface area contributed by atoms with Crippen molar-refractivity contribution in [1.82, 2.24) is 4.90 Å². The monoisotopic (exact) mass is 315 g/mol. The van der Waals surface area contributed by atoms with Crippen LogP contribution in [-0.4, -0.2) is 64.7 Å². The third-order valence-electron chi connectivity index (χ3n) is 4.45. The lowest BCUT2D eigenvalue weighted by Gasteiger charge is -2.47. The predicted octanol–water partition coefficient (Wildman–Crippen LogP) is 1.24. The van der Waals surface area contributed by atoms with Gasteiger partial charge in [-0.05, 0) is 33.6 Å². The van der Waals surface area contributed by atoms with Crippen molar-refractivity contribution in [2.75, 3.05) is 26.3 Å². The number of hydrogen-bond donors (Lipinski definition) is 2. The molecule has 1 amide bonds. The van der Waals surface area contributed by atoms with E-state index in [1.807, 2.05) is 0 Å². The molecule has 2 saturated heterocycles. The predicted molar refractivity (Wildman–Crippen MR) is 77.5 cm³/mol. The molecular formula is C15H25NO6. The standard InChI is InChI=1S/C15H25NO6/c1-13(2,3)22-12(19)16-7-4-5-14(9-16,11(17)18)15(20)6-8-21-10-15/h20H,4-10H2,1-3H3,(H,17,18). The molecule has 0 aliphatic carbocycles. The molecule has 0 aromatic heterocycles. The number of amides is 1. The number of nitrogens with zero attached hydrogens (tertiary/aromatic N) is 1. The van der Waals surface area contributed by atoms with Crippen LogP contribution in [0.1, 0.15) is 40.0 Å². The van der Waals surface area contributed by atoms with Crippen LogP contribution in [0.25, 0.3) is 0 Å². The van der Waals surface area contributed by atoms with Gasteiger partial charge in [-0.1, -0.05) is 0 Å². The Morgan fingerprint density at radius 3 is 2.45 bits per heavy atom. The molecule has 0 aromatic carbocycles. The van der Waals surface area contributed by atoms with Crippen molar-refractivity contribution in [3.05, 3.63) is 0 Å². The quantitative estimate of drug-likeness (QED) is 0.796. The first kappa shape index (κ1) is 17.0. The summed E-state index contributed by atoms with van der Waals surface area (Å²) in [5.41, 5.74) is -3.49. The van der Waals surface area contributed by atoms with Crippen LogP contribution in [-0.2, 0) is 14.3 Å². The van der Waals surface area contributed by atoms with Crippen molar-refractivity contribution in [3.8, 4) is 0 Å². The van der Waals surface area contributed by atoms with Gasteiger partial charge >= 0.3 is 12.1 Å². The zero-order valence-electron chi connectivity index (χ0n) is 13.4. The maximum absolute atomic E-state index is 12.2. The smallest absolute Gasteiger partial charge is 0.410 e. The van der Waals surface area contributed by atoms with Gasteiger partial charge in [-0.2, -0.15) is 0 Å². The van der Waals surface area contributed by atoms with Crippen molar-refractivity contribution < 1.29 is 29.3 Å². The normalized spacial score (nSPS) is 32.8. The molecule has 2 fully saturated rings. The lowest BCUT2D eigenvalue weighted by atomic mass is 9.66. The lowest BCUT2D eigenvalue weighted by Crippen LogP contribution is -2.62. The minimum absolute atomic E-state index is 0.0124. The van der Waals surface area contributed by atoms with Crippen LogP contribution < -0.4 is 0 Å². The fourth-order valence-corrected chi connectivity index (χ4v) is 3.22. The molecule has 2 rings (SSSR count). The fourth-order valence-electron chi connectivity index (χ4n) is 3.22. The second-order valence-electron chi connectivity index (χ2n) is 7.23. The number of likely N-dealkylation sites (tertiary alicyclic amines) is 1. The minimum atomic E-state index is -1.44. The highest BCUT2D eigenvalue weighted by molar-refractivity contribution is 5.78. The molecule has 7 nitrogen and oxygen atoms in total. The molecule has 126 valence electrons. The van der Waals surface area contributed by atoms with Crippen LogP contribution in [0.5, 0.6) is 0 Å². The molecule has 2 unspecified atom stereocenters. The lowest BCUT2D eigenvalue weighted by molar-refractivity contribution is -0.177. The number of carboxylic acids is 1. The highest BCUT2D eigenvalue weighted by atomic mass is 16.6. The van der Waals surface area contributed by atoms with E-state index < -0.39 is 28.7 Å². The first-order valence-corrected chi connectivity index (χ1v) is 7.61. The summed E-state index contributed by atoms with van der Waals surface area (Å²) in [5.74, 6) is -1.09. The molecule has 2 aliphatic heterocycles. The minimum Gasteiger partial charge on any atom is -0.481 e. The number of carbonyl (C=O) groups is 2. The number of aliphatic hydroxyl groups is 1. The van der Waals surface area contributed by atoms with E-state index in [2.05, 4.69) is 0 Å². The first-order valence-electron chi connectivity index (χ1n) is 7.61. The molecule has 0 bridgehead atoms.